The summed E-state index contributed by atoms with van der Waals surface area (Å²) in [7, 11) is -3.75. The van der Waals surface area contributed by atoms with Crippen LogP contribution in [-0.2, 0) is 14.8 Å². The van der Waals surface area contributed by atoms with E-state index in [1.807, 2.05) is 6.92 Å². The first-order chi connectivity index (χ1) is 14.9. The molecule has 0 radical (unpaired) electrons. The van der Waals surface area contributed by atoms with Crippen LogP contribution in [0.2, 0.25) is 0 Å². The maximum atomic E-state index is 12.4. The van der Waals surface area contributed by atoms with Crippen molar-refractivity contribution in [1.82, 2.24) is 4.98 Å². The Morgan fingerprint density at radius 3 is 2.23 bits per heavy atom. The third-order valence-electron chi connectivity index (χ3n) is 4.26. The number of unbranched alkanes of at least 4 members (excludes halogenated alkanes) is 1. The van der Waals surface area contributed by atoms with Crippen LogP contribution >= 0.6 is 11.3 Å². The second-order valence-corrected chi connectivity index (χ2v) is 9.23. The third kappa shape index (κ3) is 6.37. The topological polar surface area (TPSA) is 117 Å². The van der Waals surface area contributed by atoms with Gasteiger partial charge in [0.2, 0.25) is 5.91 Å². The van der Waals surface area contributed by atoms with Gasteiger partial charge in [0.25, 0.3) is 15.9 Å². The van der Waals surface area contributed by atoms with Crippen molar-refractivity contribution in [3.63, 3.8) is 0 Å². The summed E-state index contributed by atoms with van der Waals surface area (Å²) < 4.78 is 27.1. The van der Waals surface area contributed by atoms with Crippen LogP contribution in [0.1, 0.15) is 36.5 Å². The Balaban J connectivity index is 1.59. The van der Waals surface area contributed by atoms with Crippen molar-refractivity contribution in [3.05, 3.63) is 65.7 Å². The standard InChI is InChI=1S/C21H22N4O4S2/c1-2-3-4-19(26)23-16-7-5-15(6-8-16)20(27)24-17-9-11-18(12-10-17)31(28,29)25-21-22-13-14-30-21/h5-14H,2-4H2,1H3,(H,22,25)(H,23,26)(H,24,27). The molecule has 2 aromatic carbocycles. The van der Waals surface area contributed by atoms with Crippen LogP contribution in [0, 0.1) is 0 Å². The Morgan fingerprint density at radius 2 is 1.61 bits per heavy atom. The molecule has 162 valence electrons. The molecule has 0 unspecified atom stereocenters. The van der Waals surface area contributed by atoms with Gasteiger partial charge in [-0.2, -0.15) is 0 Å². The number of amides is 2. The van der Waals surface area contributed by atoms with Gasteiger partial charge in [0.05, 0.1) is 4.90 Å². The molecule has 0 saturated carbocycles. The highest BCUT2D eigenvalue weighted by Gasteiger charge is 2.15. The van der Waals surface area contributed by atoms with E-state index >= 15 is 0 Å². The molecule has 0 aliphatic heterocycles. The van der Waals surface area contributed by atoms with E-state index < -0.39 is 10.0 Å². The van der Waals surface area contributed by atoms with E-state index in [9.17, 15) is 18.0 Å². The molecular formula is C21H22N4O4S2. The second kappa shape index (κ2) is 10.2. The molecular weight excluding hydrogens is 436 g/mol. The normalized spacial score (nSPS) is 11.0. The smallest absolute Gasteiger partial charge is 0.263 e. The largest absolute Gasteiger partial charge is 0.326 e. The lowest BCUT2D eigenvalue weighted by Gasteiger charge is -2.09. The minimum absolute atomic E-state index is 0.0570. The van der Waals surface area contributed by atoms with Crippen LogP contribution in [0.15, 0.2) is 65.0 Å². The van der Waals surface area contributed by atoms with Crippen LogP contribution < -0.4 is 15.4 Å². The Hall–Kier alpha value is -3.24. The molecule has 1 aromatic heterocycles. The van der Waals surface area contributed by atoms with Gasteiger partial charge in [-0.1, -0.05) is 13.3 Å². The Morgan fingerprint density at radius 1 is 0.968 bits per heavy atom. The molecule has 1 heterocycles. The fourth-order valence-electron chi connectivity index (χ4n) is 2.63. The van der Waals surface area contributed by atoms with E-state index in [1.165, 1.54) is 41.8 Å². The van der Waals surface area contributed by atoms with E-state index in [-0.39, 0.29) is 21.8 Å². The molecule has 3 N–H and O–H groups in total. The number of nitrogens with one attached hydrogen (secondary N) is 3. The average molecular weight is 459 g/mol. The molecule has 0 spiro atoms. The monoisotopic (exact) mass is 458 g/mol. The number of anilines is 3. The summed E-state index contributed by atoms with van der Waals surface area (Å²) >= 11 is 1.18. The van der Waals surface area contributed by atoms with Crippen LogP contribution in [0.3, 0.4) is 0 Å². The van der Waals surface area contributed by atoms with Crippen LogP contribution in [0.25, 0.3) is 0 Å². The van der Waals surface area contributed by atoms with Gasteiger partial charge in [-0.05, 0) is 55.0 Å². The first kappa shape index (κ1) is 22.4. The number of nitrogens with zero attached hydrogens (tertiary/aromatic N) is 1. The number of carbonyl (C=O) groups is 2. The fourth-order valence-corrected chi connectivity index (χ4v) is 4.42. The Bertz CT molecular complexity index is 1130. The fraction of sp³-hybridized carbons (Fsp3) is 0.190. The summed E-state index contributed by atoms with van der Waals surface area (Å²) in [4.78, 5) is 28.2. The first-order valence-electron chi connectivity index (χ1n) is 9.61. The number of thiazole rings is 1. The van der Waals surface area contributed by atoms with Gasteiger partial charge in [0.15, 0.2) is 5.13 Å². The van der Waals surface area contributed by atoms with Crippen LogP contribution in [-0.4, -0.2) is 25.2 Å². The first-order valence-corrected chi connectivity index (χ1v) is 12.0. The number of aromatic nitrogens is 1. The minimum atomic E-state index is -3.75. The lowest BCUT2D eigenvalue weighted by molar-refractivity contribution is -0.116. The van der Waals surface area contributed by atoms with E-state index in [4.69, 9.17) is 0 Å². The predicted molar refractivity (Wildman–Crippen MR) is 122 cm³/mol. The number of hydrogen-bond acceptors (Lipinski definition) is 6. The molecule has 0 bridgehead atoms. The number of rotatable bonds is 9. The summed E-state index contributed by atoms with van der Waals surface area (Å²) in [6, 6.07) is 12.4. The molecule has 0 atom stereocenters. The lowest BCUT2D eigenvalue weighted by Crippen LogP contribution is -2.14. The molecule has 8 nitrogen and oxygen atoms in total. The quantitative estimate of drug-likeness (QED) is 0.441. The van der Waals surface area contributed by atoms with Gasteiger partial charge >= 0.3 is 0 Å². The van der Waals surface area contributed by atoms with E-state index in [0.29, 0.717) is 23.4 Å². The number of sulfonamides is 1. The molecule has 3 rings (SSSR count). The van der Waals surface area contributed by atoms with Gasteiger partial charge in [-0.3, -0.25) is 14.3 Å². The van der Waals surface area contributed by atoms with Crippen molar-refractivity contribution in [2.45, 2.75) is 31.1 Å². The minimum Gasteiger partial charge on any atom is -0.326 e. The molecule has 0 aliphatic carbocycles. The maximum Gasteiger partial charge on any atom is 0.263 e. The highest BCUT2D eigenvalue weighted by atomic mass is 32.2. The van der Waals surface area contributed by atoms with Crippen LogP contribution in [0.5, 0.6) is 0 Å². The third-order valence-corrected chi connectivity index (χ3v) is 6.44. The Labute approximate surface area is 184 Å². The van der Waals surface area contributed by atoms with Crippen molar-refractivity contribution < 1.29 is 18.0 Å². The zero-order chi connectivity index (χ0) is 22.3. The predicted octanol–water partition coefficient (Wildman–Crippen LogP) is 4.32. The molecule has 31 heavy (non-hydrogen) atoms. The maximum absolute atomic E-state index is 12.4. The van der Waals surface area contributed by atoms with Gasteiger partial charge < -0.3 is 10.6 Å². The SMILES string of the molecule is CCCCC(=O)Nc1ccc(C(=O)Nc2ccc(S(=O)(=O)Nc3nccs3)cc2)cc1. The summed E-state index contributed by atoms with van der Waals surface area (Å²) in [5.41, 5.74) is 1.49. The molecule has 0 aliphatic rings. The van der Waals surface area contributed by atoms with E-state index in [1.54, 1.807) is 29.6 Å². The molecule has 2 amide bonds. The van der Waals surface area contributed by atoms with Crippen molar-refractivity contribution in [3.8, 4) is 0 Å². The van der Waals surface area contributed by atoms with Gasteiger partial charge in [-0.15, -0.1) is 11.3 Å². The van der Waals surface area contributed by atoms with Crippen molar-refractivity contribution in [1.29, 1.82) is 0 Å². The van der Waals surface area contributed by atoms with Crippen molar-refractivity contribution in [2.24, 2.45) is 0 Å². The lowest BCUT2D eigenvalue weighted by atomic mass is 10.1. The number of benzene rings is 2. The van der Waals surface area contributed by atoms with Gasteiger partial charge in [-0.25, -0.2) is 13.4 Å². The zero-order valence-electron chi connectivity index (χ0n) is 16.8. The van der Waals surface area contributed by atoms with Gasteiger partial charge in [0, 0.05) is 34.9 Å². The summed E-state index contributed by atoms with van der Waals surface area (Å²) in [5.74, 6) is -0.404. The Kier molecular flexibility index (Phi) is 7.37. The summed E-state index contributed by atoms with van der Waals surface area (Å²) in [6.45, 7) is 2.02. The highest BCUT2D eigenvalue weighted by Crippen LogP contribution is 2.20. The number of hydrogen-bond donors (Lipinski definition) is 3. The zero-order valence-corrected chi connectivity index (χ0v) is 18.4. The van der Waals surface area contributed by atoms with Crippen LogP contribution in [0.4, 0.5) is 16.5 Å². The van der Waals surface area contributed by atoms with Gasteiger partial charge in [0.1, 0.15) is 0 Å². The summed E-state index contributed by atoms with van der Waals surface area (Å²) in [6.07, 6.45) is 3.74. The van der Waals surface area contributed by atoms with E-state index in [2.05, 4.69) is 20.3 Å². The van der Waals surface area contributed by atoms with Crippen molar-refractivity contribution in [2.75, 3.05) is 15.4 Å². The molecule has 3 aromatic rings. The molecule has 0 fully saturated rings. The molecule has 10 heteroatoms. The summed E-state index contributed by atoms with van der Waals surface area (Å²) in [5, 5.41) is 7.46. The molecule has 0 saturated heterocycles. The second-order valence-electron chi connectivity index (χ2n) is 6.65. The average Bonchev–Trinajstić information content (AvgIpc) is 3.25. The highest BCUT2D eigenvalue weighted by molar-refractivity contribution is 7.93. The van der Waals surface area contributed by atoms with E-state index in [0.717, 1.165) is 12.8 Å². The van der Waals surface area contributed by atoms with Crippen molar-refractivity contribution >= 4 is 49.7 Å². The number of carbonyl (C=O) groups excluding carboxylic acids is 2.